The molecule has 0 saturated carbocycles. The first kappa shape index (κ1) is 26.3. The Hall–Kier alpha value is -4.60. The van der Waals surface area contributed by atoms with Crippen LogP contribution in [0.2, 0.25) is 0 Å². The van der Waals surface area contributed by atoms with Crippen molar-refractivity contribution in [2.24, 2.45) is 5.41 Å². The summed E-state index contributed by atoms with van der Waals surface area (Å²) in [5.41, 5.74) is 10.7. The molecular weight excluding hydrogens is 530 g/mol. The third kappa shape index (κ3) is 4.51. The van der Waals surface area contributed by atoms with Gasteiger partial charge in [0.05, 0.1) is 23.1 Å². The minimum absolute atomic E-state index is 0.0386. The van der Waals surface area contributed by atoms with Gasteiger partial charge in [0.1, 0.15) is 5.82 Å². The van der Waals surface area contributed by atoms with Crippen molar-refractivity contribution in [3.63, 3.8) is 0 Å². The smallest absolute Gasteiger partial charge is 0.354 e. The molecule has 42 heavy (non-hydrogen) atoms. The van der Waals surface area contributed by atoms with Crippen LogP contribution in [0.1, 0.15) is 52.7 Å². The second-order valence-corrected chi connectivity index (χ2v) is 12.4. The molecule has 3 aromatic heterocycles. The molecular formula is C32H35N7O3. The Balaban J connectivity index is 1.06. The monoisotopic (exact) mass is 565 g/mol. The second kappa shape index (κ2) is 9.75. The molecule has 0 bridgehead atoms. The summed E-state index contributed by atoms with van der Waals surface area (Å²) in [4.78, 5) is 35.7. The highest BCUT2D eigenvalue weighted by atomic mass is 16.4. The number of anilines is 3. The van der Waals surface area contributed by atoms with Crippen molar-refractivity contribution in [2.75, 3.05) is 54.8 Å². The first-order chi connectivity index (χ1) is 20.2. The molecule has 3 aliphatic heterocycles. The van der Waals surface area contributed by atoms with Crippen LogP contribution in [-0.4, -0.2) is 75.7 Å². The summed E-state index contributed by atoms with van der Waals surface area (Å²) in [6.45, 7) is 6.95. The number of nitrogens with zero attached hydrogens (tertiary/aromatic N) is 6. The summed E-state index contributed by atoms with van der Waals surface area (Å²) in [5, 5.41) is 14.0. The van der Waals surface area contributed by atoms with Crippen molar-refractivity contribution < 1.29 is 14.7 Å². The van der Waals surface area contributed by atoms with E-state index in [2.05, 4.69) is 52.0 Å². The summed E-state index contributed by atoms with van der Waals surface area (Å²) in [5.74, 6) is -0.446. The normalized spacial score (nSPS) is 23.9. The SMILES string of the molecule is C[C@]1(c2ccccc2)CCN(c2cc(N)c3cc(C(=O)N4CC[C@@]5(CCN(c6cccc(C(=O)O)n6)C5)C4)nn3c2)C1. The highest BCUT2D eigenvalue weighted by Crippen LogP contribution is 2.41. The van der Waals surface area contributed by atoms with Crippen LogP contribution in [0.5, 0.6) is 0 Å². The fourth-order valence-electron chi connectivity index (χ4n) is 7.09. The van der Waals surface area contributed by atoms with Crippen LogP contribution in [0, 0.1) is 5.41 Å². The van der Waals surface area contributed by atoms with E-state index in [0.717, 1.165) is 56.6 Å². The third-order valence-electron chi connectivity index (χ3n) is 9.56. The molecule has 216 valence electrons. The number of pyridine rings is 2. The van der Waals surface area contributed by atoms with Crippen LogP contribution >= 0.6 is 0 Å². The average molecular weight is 566 g/mol. The van der Waals surface area contributed by atoms with Crippen LogP contribution < -0.4 is 15.5 Å². The van der Waals surface area contributed by atoms with Gasteiger partial charge in [-0.1, -0.05) is 43.3 Å². The number of fused-ring (bicyclic) bond motifs is 1. The molecule has 3 fully saturated rings. The molecule has 0 unspecified atom stereocenters. The molecule has 6 heterocycles. The zero-order valence-electron chi connectivity index (χ0n) is 23.7. The number of carbonyl (C=O) groups is 2. The van der Waals surface area contributed by atoms with Gasteiger partial charge in [0.15, 0.2) is 11.4 Å². The van der Waals surface area contributed by atoms with Crippen LogP contribution in [0.4, 0.5) is 17.2 Å². The van der Waals surface area contributed by atoms with Crippen molar-refractivity contribution >= 4 is 34.6 Å². The largest absolute Gasteiger partial charge is 0.477 e. The van der Waals surface area contributed by atoms with Crippen molar-refractivity contribution in [1.29, 1.82) is 0 Å². The number of nitrogen functional groups attached to an aromatic ring is 1. The van der Waals surface area contributed by atoms with Gasteiger partial charge in [-0.2, -0.15) is 5.10 Å². The minimum atomic E-state index is -1.03. The number of carboxylic acid groups (broad SMARTS) is 1. The molecule has 0 radical (unpaired) electrons. The molecule has 4 aromatic rings. The fourth-order valence-corrected chi connectivity index (χ4v) is 7.09. The predicted molar refractivity (Wildman–Crippen MR) is 161 cm³/mol. The number of aromatic carboxylic acids is 1. The maximum atomic E-state index is 13.6. The highest BCUT2D eigenvalue weighted by molar-refractivity contribution is 5.95. The van der Waals surface area contributed by atoms with Gasteiger partial charge < -0.3 is 25.5 Å². The quantitative estimate of drug-likeness (QED) is 0.374. The Bertz CT molecular complexity index is 1690. The zero-order valence-corrected chi connectivity index (χ0v) is 23.7. The third-order valence-corrected chi connectivity index (χ3v) is 9.56. The summed E-state index contributed by atoms with van der Waals surface area (Å²) < 4.78 is 1.75. The number of likely N-dealkylation sites (tertiary alicyclic amines) is 1. The van der Waals surface area contributed by atoms with Crippen molar-refractivity contribution in [3.8, 4) is 0 Å². The second-order valence-electron chi connectivity index (χ2n) is 12.4. The molecule has 10 heteroatoms. The fraction of sp³-hybridized carbons (Fsp3) is 0.375. The van der Waals surface area contributed by atoms with Crippen molar-refractivity contribution in [1.82, 2.24) is 19.5 Å². The summed E-state index contributed by atoms with van der Waals surface area (Å²) in [6.07, 6.45) is 4.85. The lowest BCUT2D eigenvalue weighted by molar-refractivity contribution is 0.0689. The first-order valence-electron chi connectivity index (χ1n) is 14.6. The number of hydrogen-bond donors (Lipinski definition) is 2. The molecule has 10 nitrogen and oxygen atoms in total. The molecule has 1 amide bonds. The molecule has 3 saturated heterocycles. The van der Waals surface area contributed by atoms with Gasteiger partial charge in [0, 0.05) is 50.1 Å². The lowest BCUT2D eigenvalue weighted by Crippen LogP contribution is -2.34. The standard InChI is InChI=1S/C32H35N7O3/c1-31(22-6-3-2-4-7-22)10-13-36(19-31)23-16-24(33)27-17-26(35-39(27)18-23)29(40)38-15-12-32(21-38)11-14-37(20-32)28-9-5-8-25(34-28)30(41)42/h2-9,16-18H,10-15,19-21,33H2,1H3,(H,41,42)/t31-,32+/m0/s1. The number of carboxylic acids is 1. The lowest BCUT2D eigenvalue weighted by Gasteiger charge is -2.26. The van der Waals surface area contributed by atoms with Crippen LogP contribution in [0.3, 0.4) is 0 Å². The van der Waals surface area contributed by atoms with E-state index in [1.165, 1.54) is 11.6 Å². The lowest BCUT2D eigenvalue weighted by atomic mass is 9.82. The molecule has 3 N–H and O–H groups in total. The van der Waals surface area contributed by atoms with E-state index in [9.17, 15) is 14.7 Å². The van der Waals surface area contributed by atoms with Crippen LogP contribution in [0.15, 0.2) is 66.9 Å². The Kier molecular flexibility index (Phi) is 6.11. The molecule has 1 aromatic carbocycles. The summed E-state index contributed by atoms with van der Waals surface area (Å²) in [7, 11) is 0. The van der Waals surface area contributed by atoms with Gasteiger partial charge >= 0.3 is 5.97 Å². The van der Waals surface area contributed by atoms with E-state index in [-0.39, 0.29) is 22.4 Å². The van der Waals surface area contributed by atoms with E-state index in [1.807, 2.05) is 23.2 Å². The highest BCUT2D eigenvalue weighted by Gasteiger charge is 2.45. The first-order valence-corrected chi connectivity index (χ1v) is 14.6. The Morgan fingerprint density at radius 1 is 0.881 bits per heavy atom. The number of aromatic nitrogens is 3. The summed E-state index contributed by atoms with van der Waals surface area (Å²) in [6, 6.07) is 19.5. The van der Waals surface area contributed by atoms with Gasteiger partial charge in [-0.05, 0) is 49.1 Å². The number of carbonyl (C=O) groups excluding carboxylic acids is 1. The number of amides is 1. The molecule has 3 aliphatic rings. The van der Waals surface area contributed by atoms with Gasteiger partial charge in [0.25, 0.3) is 5.91 Å². The topological polar surface area (TPSA) is 120 Å². The summed E-state index contributed by atoms with van der Waals surface area (Å²) >= 11 is 0. The Labute approximate surface area is 244 Å². The van der Waals surface area contributed by atoms with E-state index >= 15 is 0 Å². The van der Waals surface area contributed by atoms with Crippen LogP contribution in [0.25, 0.3) is 5.52 Å². The van der Waals surface area contributed by atoms with Gasteiger partial charge in [0.2, 0.25) is 0 Å². The predicted octanol–water partition coefficient (Wildman–Crippen LogP) is 3.92. The van der Waals surface area contributed by atoms with Gasteiger partial charge in [-0.3, -0.25) is 4.79 Å². The Morgan fingerprint density at radius 2 is 1.67 bits per heavy atom. The maximum absolute atomic E-state index is 13.6. The average Bonchev–Trinajstić information content (AvgIpc) is 3.80. The number of nitrogens with two attached hydrogens (primary N) is 1. The molecule has 2 atom stereocenters. The van der Waals surface area contributed by atoms with E-state index < -0.39 is 5.97 Å². The van der Waals surface area contributed by atoms with E-state index in [0.29, 0.717) is 30.3 Å². The van der Waals surface area contributed by atoms with Crippen molar-refractivity contribution in [2.45, 2.75) is 31.6 Å². The minimum Gasteiger partial charge on any atom is -0.477 e. The molecule has 7 rings (SSSR count). The number of benzene rings is 1. The Morgan fingerprint density at radius 3 is 2.48 bits per heavy atom. The number of rotatable bonds is 5. The van der Waals surface area contributed by atoms with Gasteiger partial charge in [-0.15, -0.1) is 0 Å². The number of hydrogen-bond acceptors (Lipinski definition) is 7. The van der Waals surface area contributed by atoms with E-state index in [4.69, 9.17) is 10.8 Å². The van der Waals surface area contributed by atoms with E-state index in [1.54, 1.807) is 16.6 Å². The van der Waals surface area contributed by atoms with Gasteiger partial charge in [-0.25, -0.2) is 14.3 Å². The van der Waals surface area contributed by atoms with Crippen molar-refractivity contribution in [3.05, 3.63) is 83.8 Å². The molecule has 1 spiro atoms. The maximum Gasteiger partial charge on any atom is 0.354 e. The zero-order chi connectivity index (χ0) is 29.1. The molecule has 0 aliphatic carbocycles. The van der Waals surface area contributed by atoms with Crippen LogP contribution in [-0.2, 0) is 5.41 Å².